The highest BCUT2D eigenvalue weighted by atomic mass is 16.5. The summed E-state index contributed by atoms with van der Waals surface area (Å²) in [6, 6.07) is 0. The molecule has 0 aliphatic carbocycles. The van der Waals surface area contributed by atoms with Crippen molar-refractivity contribution < 1.29 is 9.26 Å². The third-order valence-electron chi connectivity index (χ3n) is 4.01. The molecule has 0 radical (unpaired) electrons. The summed E-state index contributed by atoms with van der Waals surface area (Å²) < 4.78 is 13.9. The molecule has 3 heterocycles. The number of aryl methyl sites for hydroxylation is 1. The molecule has 0 bridgehead atoms. The molecule has 1 fully saturated rings. The zero-order chi connectivity index (χ0) is 15.7. The van der Waals surface area contributed by atoms with E-state index in [-0.39, 0.29) is 18.3 Å². The molecule has 1 saturated heterocycles. The topological polar surface area (TPSA) is 88.0 Å². The van der Waals surface area contributed by atoms with E-state index in [0.717, 1.165) is 6.42 Å². The zero-order valence-corrected chi connectivity index (χ0v) is 13.2. The van der Waals surface area contributed by atoms with Gasteiger partial charge in [-0.3, -0.25) is 4.57 Å². The van der Waals surface area contributed by atoms with Crippen molar-refractivity contribution in [2.75, 3.05) is 6.61 Å². The molecule has 1 aliphatic heterocycles. The molecular weight excluding hydrogens is 286 g/mol. The van der Waals surface area contributed by atoms with Crippen LogP contribution >= 0.6 is 0 Å². The van der Waals surface area contributed by atoms with Gasteiger partial charge in [-0.15, -0.1) is 0 Å². The number of ether oxygens (including phenoxy) is 1. The van der Waals surface area contributed by atoms with E-state index in [1.807, 2.05) is 13.8 Å². The Balaban J connectivity index is 1.91. The van der Waals surface area contributed by atoms with Crippen molar-refractivity contribution in [2.45, 2.75) is 52.8 Å². The molecular formula is C14H21N5O3. The fraction of sp³-hybridized carbons (Fsp3) is 0.714. The smallest absolute Gasteiger partial charge is 0.346 e. The maximum atomic E-state index is 12.5. The van der Waals surface area contributed by atoms with Crippen molar-refractivity contribution in [1.29, 1.82) is 0 Å². The van der Waals surface area contributed by atoms with Gasteiger partial charge in [0.2, 0.25) is 5.89 Å². The van der Waals surface area contributed by atoms with E-state index in [1.165, 1.54) is 4.68 Å². The Labute approximate surface area is 128 Å². The molecule has 8 heteroatoms. The molecule has 8 nitrogen and oxygen atoms in total. The summed E-state index contributed by atoms with van der Waals surface area (Å²) in [6.07, 6.45) is 1.54. The number of hydrogen-bond donors (Lipinski definition) is 0. The third-order valence-corrected chi connectivity index (χ3v) is 4.01. The summed E-state index contributed by atoms with van der Waals surface area (Å²) in [4.78, 5) is 16.7. The number of aromatic nitrogens is 5. The number of nitrogens with zero attached hydrogens (tertiary/aromatic N) is 5. The SMILES string of the molecule is CCc1nc(Cn2nc([C@H]3OCC[C@H]3C)n(CC)c2=O)no1. The molecule has 0 aromatic carbocycles. The van der Waals surface area contributed by atoms with Crippen LogP contribution in [0.4, 0.5) is 0 Å². The van der Waals surface area contributed by atoms with E-state index in [2.05, 4.69) is 22.2 Å². The van der Waals surface area contributed by atoms with Gasteiger partial charge in [0, 0.05) is 19.6 Å². The van der Waals surface area contributed by atoms with Gasteiger partial charge in [-0.1, -0.05) is 19.0 Å². The zero-order valence-electron chi connectivity index (χ0n) is 13.2. The van der Waals surface area contributed by atoms with Crippen LogP contribution in [-0.4, -0.2) is 31.1 Å². The minimum absolute atomic E-state index is 0.120. The van der Waals surface area contributed by atoms with Crippen LogP contribution in [0.1, 0.15) is 50.8 Å². The molecule has 2 atom stereocenters. The second-order valence-corrected chi connectivity index (χ2v) is 5.56. The molecule has 3 rings (SSSR count). The van der Waals surface area contributed by atoms with Crippen LogP contribution in [0, 0.1) is 5.92 Å². The van der Waals surface area contributed by atoms with Crippen LogP contribution in [0.25, 0.3) is 0 Å². The van der Waals surface area contributed by atoms with Crippen LogP contribution in [0.5, 0.6) is 0 Å². The number of rotatable bonds is 5. The Morgan fingerprint density at radius 3 is 2.77 bits per heavy atom. The van der Waals surface area contributed by atoms with E-state index in [0.29, 0.717) is 43.0 Å². The maximum Gasteiger partial charge on any atom is 0.346 e. The summed E-state index contributed by atoms with van der Waals surface area (Å²) in [5.41, 5.74) is -0.164. The second kappa shape index (κ2) is 6.04. The summed E-state index contributed by atoms with van der Waals surface area (Å²) in [5.74, 6) is 2.08. The first-order chi connectivity index (χ1) is 10.6. The molecule has 1 aliphatic rings. The summed E-state index contributed by atoms with van der Waals surface area (Å²) in [7, 11) is 0. The Morgan fingerprint density at radius 1 is 1.36 bits per heavy atom. The fourth-order valence-electron chi connectivity index (χ4n) is 2.73. The van der Waals surface area contributed by atoms with Crippen LogP contribution in [0.3, 0.4) is 0 Å². The molecule has 120 valence electrons. The quantitative estimate of drug-likeness (QED) is 0.823. The van der Waals surface area contributed by atoms with Gasteiger partial charge in [-0.2, -0.15) is 10.1 Å². The van der Waals surface area contributed by atoms with Gasteiger partial charge in [0.15, 0.2) is 11.6 Å². The van der Waals surface area contributed by atoms with Gasteiger partial charge in [0.25, 0.3) is 0 Å². The van der Waals surface area contributed by atoms with Crippen LogP contribution in [0.2, 0.25) is 0 Å². The lowest BCUT2D eigenvalue weighted by molar-refractivity contribution is 0.0836. The summed E-state index contributed by atoms with van der Waals surface area (Å²) >= 11 is 0. The predicted molar refractivity (Wildman–Crippen MR) is 77.4 cm³/mol. The standard InChI is InChI=1S/C14H21N5O3/c1-4-11-15-10(17-22-11)8-19-14(20)18(5-2)13(16-19)12-9(3)6-7-21-12/h9,12H,4-8H2,1-3H3/t9-,12+/m1/s1. The van der Waals surface area contributed by atoms with E-state index < -0.39 is 0 Å². The van der Waals surface area contributed by atoms with Gasteiger partial charge < -0.3 is 9.26 Å². The Bertz CT molecular complexity index is 702. The summed E-state index contributed by atoms with van der Waals surface area (Å²) in [5, 5.41) is 8.34. The first-order valence-electron chi connectivity index (χ1n) is 7.74. The highest BCUT2D eigenvalue weighted by Gasteiger charge is 2.31. The Kier molecular flexibility index (Phi) is 4.10. The lowest BCUT2D eigenvalue weighted by Crippen LogP contribution is -2.26. The van der Waals surface area contributed by atoms with Crippen molar-refractivity contribution in [3.05, 3.63) is 28.0 Å². The van der Waals surface area contributed by atoms with Gasteiger partial charge in [-0.05, 0) is 19.3 Å². The fourth-order valence-corrected chi connectivity index (χ4v) is 2.73. The summed E-state index contributed by atoms with van der Waals surface area (Å²) in [6.45, 7) is 7.47. The van der Waals surface area contributed by atoms with Crippen molar-refractivity contribution >= 4 is 0 Å². The lowest BCUT2D eigenvalue weighted by Gasteiger charge is -2.13. The largest absolute Gasteiger partial charge is 0.370 e. The molecule has 22 heavy (non-hydrogen) atoms. The van der Waals surface area contributed by atoms with Crippen molar-refractivity contribution in [2.24, 2.45) is 5.92 Å². The Hall–Kier alpha value is -1.96. The van der Waals surface area contributed by atoms with Crippen LogP contribution < -0.4 is 5.69 Å². The minimum atomic E-state index is -0.164. The van der Waals surface area contributed by atoms with E-state index in [9.17, 15) is 4.79 Å². The third kappa shape index (κ3) is 2.58. The van der Waals surface area contributed by atoms with Gasteiger partial charge >= 0.3 is 5.69 Å². The van der Waals surface area contributed by atoms with Gasteiger partial charge in [0.05, 0.1) is 0 Å². The van der Waals surface area contributed by atoms with Crippen molar-refractivity contribution in [3.8, 4) is 0 Å². The highest BCUT2D eigenvalue weighted by Crippen LogP contribution is 2.32. The molecule has 0 amide bonds. The number of hydrogen-bond acceptors (Lipinski definition) is 6. The first-order valence-corrected chi connectivity index (χ1v) is 7.74. The van der Waals surface area contributed by atoms with Gasteiger partial charge in [0.1, 0.15) is 12.6 Å². The molecule has 0 N–H and O–H groups in total. The normalized spacial score (nSPS) is 21.6. The van der Waals surface area contributed by atoms with Crippen molar-refractivity contribution in [3.63, 3.8) is 0 Å². The lowest BCUT2D eigenvalue weighted by atomic mass is 10.0. The molecule has 2 aromatic heterocycles. The van der Waals surface area contributed by atoms with Crippen LogP contribution in [-0.2, 0) is 24.2 Å². The first kappa shape index (κ1) is 15.0. The Morgan fingerprint density at radius 2 is 2.18 bits per heavy atom. The molecule has 0 spiro atoms. The van der Waals surface area contributed by atoms with Crippen LogP contribution in [0.15, 0.2) is 9.32 Å². The molecule has 2 aromatic rings. The molecule has 0 unspecified atom stereocenters. The molecule has 0 saturated carbocycles. The minimum Gasteiger partial charge on any atom is -0.370 e. The van der Waals surface area contributed by atoms with E-state index in [1.54, 1.807) is 4.57 Å². The van der Waals surface area contributed by atoms with E-state index >= 15 is 0 Å². The maximum absolute atomic E-state index is 12.5. The highest BCUT2D eigenvalue weighted by molar-refractivity contribution is 4.99. The average Bonchev–Trinajstić information content (AvgIpc) is 3.20. The van der Waals surface area contributed by atoms with Gasteiger partial charge in [-0.25, -0.2) is 9.48 Å². The average molecular weight is 307 g/mol. The van der Waals surface area contributed by atoms with E-state index in [4.69, 9.17) is 9.26 Å². The monoisotopic (exact) mass is 307 g/mol. The van der Waals surface area contributed by atoms with Crippen molar-refractivity contribution in [1.82, 2.24) is 24.5 Å². The second-order valence-electron chi connectivity index (χ2n) is 5.56. The predicted octanol–water partition coefficient (Wildman–Crippen LogP) is 1.16.